The van der Waals surface area contributed by atoms with E-state index in [1.165, 1.54) is 11.1 Å². The molecule has 0 radical (unpaired) electrons. The molecule has 0 bridgehead atoms. The first-order chi connectivity index (χ1) is 12.7. The molecule has 0 saturated heterocycles. The molecule has 0 spiro atoms. The van der Waals surface area contributed by atoms with Gasteiger partial charge in [0.25, 0.3) is 0 Å². The Labute approximate surface area is 154 Å². The van der Waals surface area contributed by atoms with E-state index in [1.54, 1.807) is 0 Å². The summed E-state index contributed by atoms with van der Waals surface area (Å²) in [6, 6.07) is 23.1. The number of hydrogen-bond acceptors (Lipinski definition) is 2. The van der Waals surface area contributed by atoms with E-state index in [0.29, 0.717) is 17.7 Å². The van der Waals surface area contributed by atoms with Gasteiger partial charge in [-0.05, 0) is 46.7 Å². The van der Waals surface area contributed by atoms with Crippen LogP contribution in [-0.2, 0) is 6.42 Å². The molecule has 0 unspecified atom stereocenters. The Morgan fingerprint density at radius 1 is 1.04 bits per heavy atom. The van der Waals surface area contributed by atoms with E-state index in [9.17, 15) is 5.26 Å². The van der Waals surface area contributed by atoms with E-state index in [2.05, 4.69) is 49.4 Å². The van der Waals surface area contributed by atoms with Gasteiger partial charge in [-0.1, -0.05) is 67.9 Å². The normalized spacial score (nSPS) is 11.5. The molecule has 0 saturated carbocycles. The highest BCUT2D eigenvalue weighted by Crippen LogP contribution is 2.45. The van der Waals surface area contributed by atoms with Crippen molar-refractivity contribution in [3.8, 4) is 28.3 Å². The summed E-state index contributed by atoms with van der Waals surface area (Å²) in [7, 11) is 0. The zero-order valence-corrected chi connectivity index (χ0v) is 14.8. The van der Waals surface area contributed by atoms with Gasteiger partial charge in [-0.15, -0.1) is 0 Å². The number of nitrogens with zero attached hydrogens (tertiary/aromatic N) is 1. The first-order valence-corrected chi connectivity index (χ1v) is 9.06. The summed E-state index contributed by atoms with van der Waals surface area (Å²) >= 11 is 0. The molecule has 26 heavy (non-hydrogen) atoms. The van der Waals surface area contributed by atoms with Crippen LogP contribution in [0.4, 0.5) is 0 Å². The molecule has 0 heterocycles. The molecule has 3 aromatic carbocycles. The summed E-state index contributed by atoms with van der Waals surface area (Å²) in [5, 5.41) is 18.5. The minimum absolute atomic E-state index is 0.549. The lowest BCUT2D eigenvalue weighted by Crippen LogP contribution is -2.05. The fraction of sp³-hybridized carbons (Fsp3) is 0.167. The van der Waals surface area contributed by atoms with E-state index >= 15 is 0 Å². The van der Waals surface area contributed by atoms with Gasteiger partial charge >= 0.3 is 0 Å². The molecule has 0 aliphatic heterocycles. The standard InChI is InChI=1S/C24H20N2/c1-2-8-23(26)20-14-19(16-9-4-3-5-10-16)21-13-17-11-6-7-12-18(17)24(21)22(20)15-25/h3-7,9-12,14,26H,2,8,13H2,1H3. The first kappa shape index (κ1) is 16.3. The van der Waals surface area contributed by atoms with Crippen molar-refractivity contribution in [1.29, 1.82) is 10.7 Å². The van der Waals surface area contributed by atoms with E-state index in [-0.39, 0.29) is 0 Å². The number of hydrogen-bond donors (Lipinski definition) is 1. The molecule has 4 rings (SSSR count). The van der Waals surface area contributed by atoms with Crippen LogP contribution in [0, 0.1) is 16.7 Å². The Kier molecular flexibility index (Phi) is 4.14. The van der Waals surface area contributed by atoms with Gasteiger partial charge in [0.2, 0.25) is 0 Å². The third kappa shape index (κ3) is 2.53. The maximum Gasteiger partial charge on any atom is 0.100 e. The second-order valence-electron chi connectivity index (χ2n) is 6.74. The summed E-state index contributed by atoms with van der Waals surface area (Å²) in [6.07, 6.45) is 2.42. The first-order valence-electron chi connectivity index (χ1n) is 9.06. The van der Waals surface area contributed by atoms with Gasteiger partial charge in [0, 0.05) is 16.8 Å². The van der Waals surface area contributed by atoms with Crippen molar-refractivity contribution in [1.82, 2.24) is 0 Å². The molecule has 0 aromatic heterocycles. The molecule has 1 aliphatic carbocycles. The van der Waals surface area contributed by atoms with Gasteiger partial charge in [-0.3, -0.25) is 0 Å². The third-order valence-electron chi connectivity index (χ3n) is 5.11. The van der Waals surface area contributed by atoms with Gasteiger partial charge in [-0.2, -0.15) is 5.26 Å². The molecule has 0 atom stereocenters. The molecular formula is C24H20N2. The molecule has 1 N–H and O–H groups in total. The Morgan fingerprint density at radius 2 is 1.77 bits per heavy atom. The number of nitrogens with one attached hydrogen (secondary N) is 1. The predicted octanol–water partition coefficient (Wildman–Crippen LogP) is 5.96. The van der Waals surface area contributed by atoms with Crippen LogP contribution >= 0.6 is 0 Å². The van der Waals surface area contributed by atoms with E-state index in [1.807, 2.05) is 24.3 Å². The number of fused-ring (bicyclic) bond motifs is 3. The van der Waals surface area contributed by atoms with Gasteiger partial charge in [0.1, 0.15) is 6.07 Å². The van der Waals surface area contributed by atoms with Crippen LogP contribution in [0.3, 0.4) is 0 Å². The summed E-state index contributed by atoms with van der Waals surface area (Å²) in [5.74, 6) is 0. The van der Waals surface area contributed by atoms with Crippen LogP contribution in [0.5, 0.6) is 0 Å². The fourth-order valence-electron chi connectivity index (χ4n) is 3.93. The molecule has 2 heteroatoms. The Bertz CT molecular complexity index is 1040. The lowest BCUT2D eigenvalue weighted by molar-refractivity contribution is 0.986. The molecular weight excluding hydrogens is 316 g/mol. The van der Waals surface area contributed by atoms with Crippen LogP contribution in [0.25, 0.3) is 22.3 Å². The topological polar surface area (TPSA) is 47.6 Å². The minimum atomic E-state index is 0.549. The molecule has 2 nitrogen and oxygen atoms in total. The number of rotatable bonds is 4. The van der Waals surface area contributed by atoms with Crippen molar-refractivity contribution in [2.24, 2.45) is 0 Å². The largest absolute Gasteiger partial charge is 0.305 e. The Hall–Kier alpha value is -3.18. The summed E-state index contributed by atoms with van der Waals surface area (Å²) < 4.78 is 0. The molecule has 1 aliphatic rings. The average molecular weight is 336 g/mol. The second kappa shape index (κ2) is 6.61. The summed E-state index contributed by atoms with van der Waals surface area (Å²) in [5.41, 5.74) is 8.92. The van der Waals surface area contributed by atoms with Crippen LogP contribution in [0.1, 0.15) is 42.0 Å². The highest BCUT2D eigenvalue weighted by molar-refractivity contribution is 6.05. The molecule has 126 valence electrons. The van der Waals surface area contributed by atoms with Crippen LogP contribution in [-0.4, -0.2) is 5.71 Å². The molecule has 0 amide bonds. The van der Waals surface area contributed by atoms with Gasteiger partial charge in [0.15, 0.2) is 0 Å². The highest BCUT2D eigenvalue weighted by atomic mass is 14.4. The highest BCUT2D eigenvalue weighted by Gasteiger charge is 2.27. The Morgan fingerprint density at radius 3 is 2.50 bits per heavy atom. The zero-order valence-electron chi connectivity index (χ0n) is 14.8. The Balaban J connectivity index is 2.06. The van der Waals surface area contributed by atoms with Crippen molar-refractivity contribution >= 4 is 5.71 Å². The van der Waals surface area contributed by atoms with E-state index in [0.717, 1.165) is 40.7 Å². The van der Waals surface area contributed by atoms with Crippen molar-refractivity contribution in [2.45, 2.75) is 26.2 Å². The predicted molar refractivity (Wildman–Crippen MR) is 107 cm³/mol. The van der Waals surface area contributed by atoms with Crippen molar-refractivity contribution < 1.29 is 0 Å². The number of benzene rings is 3. The van der Waals surface area contributed by atoms with E-state index in [4.69, 9.17) is 5.41 Å². The third-order valence-corrected chi connectivity index (χ3v) is 5.11. The lowest BCUT2D eigenvalue weighted by atomic mass is 9.86. The monoisotopic (exact) mass is 336 g/mol. The SMILES string of the molecule is CCCC(=N)c1cc(-c2ccccc2)c2c(c1C#N)-c1ccccc1C2. The van der Waals surface area contributed by atoms with Crippen LogP contribution in [0.2, 0.25) is 0 Å². The van der Waals surface area contributed by atoms with Crippen molar-refractivity contribution in [3.05, 3.63) is 82.9 Å². The number of nitriles is 1. The average Bonchev–Trinajstić information content (AvgIpc) is 3.07. The fourth-order valence-corrected chi connectivity index (χ4v) is 3.93. The maximum atomic E-state index is 9.94. The van der Waals surface area contributed by atoms with E-state index < -0.39 is 0 Å². The molecule has 3 aromatic rings. The lowest BCUT2D eigenvalue weighted by Gasteiger charge is -2.16. The quantitative estimate of drug-likeness (QED) is 0.459. The zero-order chi connectivity index (χ0) is 18.1. The smallest absolute Gasteiger partial charge is 0.100 e. The van der Waals surface area contributed by atoms with Gasteiger partial charge in [0.05, 0.1) is 5.56 Å². The van der Waals surface area contributed by atoms with Crippen LogP contribution < -0.4 is 0 Å². The van der Waals surface area contributed by atoms with Gasteiger partial charge < -0.3 is 5.41 Å². The van der Waals surface area contributed by atoms with Crippen molar-refractivity contribution in [2.75, 3.05) is 0 Å². The van der Waals surface area contributed by atoms with Crippen molar-refractivity contribution in [3.63, 3.8) is 0 Å². The summed E-state index contributed by atoms with van der Waals surface area (Å²) in [6.45, 7) is 2.07. The van der Waals surface area contributed by atoms with Gasteiger partial charge in [-0.25, -0.2) is 0 Å². The minimum Gasteiger partial charge on any atom is -0.305 e. The summed E-state index contributed by atoms with van der Waals surface area (Å²) in [4.78, 5) is 0. The second-order valence-corrected chi connectivity index (χ2v) is 6.74. The molecule has 0 fully saturated rings. The van der Waals surface area contributed by atoms with Crippen LogP contribution in [0.15, 0.2) is 60.7 Å². The maximum absolute atomic E-state index is 9.94.